The van der Waals surface area contributed by atoms with Crippen molar-refractivity contribution in [3.63, 3.8) is 0 Å². The van der Waals surface area contributed by atoms with E-state index in [0.29, 0.717) is 48.1 Å². The average molecular weight is 589 g/mol. The molecule has 5 heterocycles. The van der Waals surface area contributed by atoms with Crippen LogP contribution in [0, 0.1) is 16.6 Å². The van der Waals surface area contributed by atoms with Gasteiger partial charge in [-0.1, -0.05) is 18.2 Å². The van der Waals surface area contributed by atoms with Gasteiger partial charge >= 0.3 is 6.09 Å². The van der Waals surface area contributed by atoms with Crippen molar-refractivity contribution in [1.29, 1.82) is 0 Å². The number of amidine groups is 2. The number of nitrogens with one attached hydrogen (secondary N) is 2. The second-order valence-electron chi connectivity index (χ2n) is 13.2. The standard InChI is InChI=1S/C31H37FN8O3/c1-29(2,3)43-28(42)34-19-13-15-39(17-19)26-31(6)25(37-27(41)30(31,4)5)35-23(36-26)22-20-11-9-14-33-24(20)40(38-22)16-18-10-7-8-12-21(18)32/h7-12,14,19,26H,13,15-17H2,1-6H3,(H,34,42)(H,35,36,37,41). The molecule has 6 rings (SSSR count). The van der Waals surface area contributed by atoms with E-state index in [1.807, 2.05) is 53.7 Å². The Kier molecular flexibility index (Phi) is 6.87. The van der Waals surface area contributed by atoms with Gasteiger partial charge in [0.1, 0.15) is 29.1 Å². The van der Waals surface area contributed by atoms with Crippen molar-refractivity contribution in [3.8, 4) is 0 Å². The average Bonchev–Trinajstić information content (AvgIpc) is 3.58. The first-order chi connectivity index (χ1) is 20.3. The summed E-state index contributed by atoms with van der Waals surface area (Å²) >= 11 is 0. The number of halogens is 1. The first-order valence-electron chi connectivity index (χ1n) is 14.6. The van der Waals surface area contributed by atoms with E-state index in [-0.39, 0.29) is 24.3 Å². The third-order valence-corrected chi connectivity index (χ3v) is 8.85. The summed E-state index contributed by atoms with van der Waals surface area (Å²) in [5.74, 6) is 0.440. The maximum absolute atomic E-state index is 14.6. The molecule has 2 saturated heterocycles. The van der Waals surface area contributed by atoms with Crippen LogP contribution in [0.15, 0.2) is 52.6 Å². The lowest BCUT2D eigenvalue weighted by atomic mass is 9.65. The minimum atomic E-state index is -0.809. The summed E-state index contributed by atoms with van der Waals surface area (Å²) in [7, 11) is 0. The van der Waals surface area contributed by atoms with E-state index < -0.39 is 28.7 Å². The third kappa shape index (κ3) is 4.97. The van der Waals surface area contributed by atoms with Crippen LogP contribution in [-0.2, 0) is 16.1 Å². The molecule has 3 aliphatic heterocycles. The molecule has 2 N–H and O–H groups in total. The smallest absolute Gasteiger partial charge is 0.407 e. The Balaban J connectivity index is 1.38. The van der Waals surface area contributed by atoms with Crippen molar-refractivity contribution in [2.75, 3.05) is 13.1 Å². The van der Waals surface area contributed by atoms with Gasteiger partial charge < -0.3 is 15.4 Å². The molecule has 3 atom stereocenters. The van der Waals surface area contributed by atoms with Gasteiger partial charge in [-0.3, -0.25) is 9.69 Å². The SMILES string of the molecule is CC(C)(C)OC(=O)NC1CCN(C2N=C(c3nn(Cc4ccccc4F)c4ncccc34)N=C3NC(=O)C(C)(C)C32C)C1. The molecule has 1 aromatic carbocycles. The number of carbonyl (C=O) groups excluding carboxylic acids is 2. The van der Waals surface area contributed by atoms with Gasteiger partial charge in [-0.25, -0.2) is 28.8 Å². The van der Waals surface area contributed by atoms with Gasteiger partial charge in [0.25, 0.3) is 0 Å². The monoisotopic (exact) mass is 588 g/mol. The molecule has 2 fully saturated rings. The van der Waals surface area contributed by atoms with Crippen LogP contribution < -0.4 is 10.6 Å². The topological polar surface area (TPSA) is 126 Å². The van der Waals surface area contributed by atoms with Crippen molar-refractivity contribution >= 4 is 34.7 Å². The highest BCUT2D eigenvalue weighted by Gasteiger charge is 2.63. The van der Waals surface area contributed by atoms with Crippen LogP contribution in [0.3, 0.4) is 0 Å². The molecule has 226 valence electrons. The van der Waals surface area contributed by atoms with E-state index in [4.69, 9.17) is 19.8 Å². The van der Waals surface area contributed by atoms with E-state index in [1.54, 1.807) is 29.1 Å². The number of ether oxygens (including phenoxy) is 1. The van der Waals surface area contributed by atoms with Crippen molar-refractivity contribution in [3.05, 3.63) is 59.7 Å². The van der Waals surface area contributed by atoms with Gasteiger partial charge in [0, 0.05) is 30.9 Å². The quantitative estimate of drug-likeness (QED) is 0.466. The number of carbonyl (C=O) groups is 2. The second-order valence-corrected chi connectivity index (χ2v) is 13.2. The van der Waals surface area contributed by atoms with Crippen LogP contribution in [0.4, 0.5) is 9.18 Å². The largest absolute Gasteiger partial charge is 0.444 e. The van der Waals surface area contributed by atoms with Crippen LogP contribution in [-0.4, -0.2) is 74.2 Å². The molecule has 43 heavy (non-hydrogen) atoms. The minimum Gasteiger partial charge on any atom is -0.444 e. The predicted octanol–water partition coefficient (Wildman–Crippen LogP) is 3.86. The molecule has 3 aromatic rings. The molecule has 3 unspecified atom stereocenters. The fraction of sp³-hybridized carbons (Fsp3) is 0.484. The Morgan fingerprint density at radius 3 is 2.70 bits per heavy atom. The number of rotatable bonds is 5. The lowest BCUT2D eigenvalue weighted by Crippen LogP contribution is -2.56. The van der Waals surface area contributed by atoms with Crippen LogP contribution in [0.5, 0.6) is 0 Å². The Morgan fingerprint density at radius 2 is 1.95 bits per heavy atom. The summed E-state index contributed by atoms with van der Waals surface area (Å²) in [6.45, 7) is 12.7. The van der Waals surface area contributed by atoms with Gasteiger partial charge in [-0.15, -0.1) is 0 Å². The highest BCUT2D eigenvalue weighted by Crippen LogP contribution is 2.51. The van der Waals surface area contributed by atoms with E-state index in [0.717, 1.165) is 5.39 Å². The Labute approximate surface area is 249 Å². The van der Waals surface area contributed by atoms with Gasteiger partial charge in [0.2, 0.25) is 5.91 Å². The predicted molar refractivity (Wildman–Crippen MR) is 160 cm³/mol. The van der Waals surface area contributed by atoms with Gasteiger partial charge in [-0.2, -0.15) is 5.10 Å². The minimum absolute atomic E-state index is 0.130. The lowest BCUT2D eigenvalue weighted by molar-refractivity contribution is -0.130. The van der Waals surface area contributed by atoms with Crippen molar-refractivity contribution in [1.82, 2.24) is 30.3 Å². The summed E-state index contributed by atoms with van der Waals surface area (Å²) in [5, 5.41) is 11.6. The molecular formula is C31H37FN8O3. The number of aliphatic imine (C=N–C) groups is 2. The number of nitrogens with zero attached hydrogens (tertiary/aromatic N) is 6. The Bertz CT molecular complexity index is 1670. The number of pyridine rings is 1. The molecule has 0 saturated carbocycles. The Morgan fingerprint density at radius 1 is 1.19 bits per heavy atom. The van der Waals surface area contributed by atoms with Crippen LogP contribution in [0.25, 0.3) is 11.0 Å². The van der Waals surface area contributed by atoms with Crippen molar-refractivity contribution in [2.45, 2.75) is 72.3 Å². The lowest BCUT2D eigenvalue weighted by Gasteiger charge is -2.45. The Hall–Kier alpha value is -4.19. The van der Waals surface area contributed by atoms with Crippen LogP contribution in [0.2, 0.25) is 0 Å². The van der Waals surface area contributed by atoms with Gasteiger partial charge in [0.05, 0.1) is 22.8 Å². The number of aromatic nitrogens is 3. The van der Waals surface area contributed by atoms with Gasteiger partial charge in [-0.05, 0) is 66.2 Å². The van der Waals surface area contributed by atoms with Gasteiger partial charge in [0.15, 0.2) is 11.5 Å². The number of likely N-dealkylation sites (tertiary alicyclic amines) is 1. The fourth-order valence-electron chi connectivity index (χ4n) is 6.13. The van der Waals surface area contributed by atoms with Crippen LogP contribution in [0.1, 0.15) is 59.2 Å². The fourth-order valence-corrected chi connectivity index (χ4v) is 6.13. The molecule has 0 bridgehead atoms. The number of benzene rings is 1. The number of hydrogen-bond acceptors (Lipinski definition) is 8. The van der Waals surface area contributed by atoms with Crippen molar-refractivity contribution < 1.29 is 18.7 Å². The first kappa shape index (κ1) is 28.9. The molecular weight excluding hydrogens is 551 g/mol. The highest BCUT2D eigenvalue weighted by molar-refractivity contribution is 6.20. The summed E-state index contributed by atoms with van der Waals surface area (Å²) in [6, 6.07) is 10.1. The number of amides is 2. The van der Waals surface area contributed by atoms with Crippen LogP contribution >= 0.6 is 0 Å². The van der Waals surface area contributed by atoms with E-state index in [9.17, 15) is 14.0 Å². The summed E-state index contributed by atoms with van der Waals surface area (Å²) in [6.07, 6.45) is 1.44. The molecule has 12 heteroatoms. The third-order valence-electron chi connectivity index (χ3n) is 8.85. The zero-order chi connectivity index (χ0) is 30.7. The maximum Gasteiger partial charge on any atom is 0.407 e. The molecule has 0 aliphatic carbocycles. The zero-order valence-corrected chi connectivity index (χ0v) is 25.3. The number of hydrogen-bond donors (Lipinski definition) is 2. The maximum atomic E-state index is 14.6. The molecule has 2 aromatic heterocycles. The van der Waals surface area contributed by atoms with E-state index in [2.05, 4.69) is 20.5 Å². The van der Waals surface area contributed by atoms with E-state index >= 15 is 0 Å². The molecule has 2 amide bonds. The first-order valence-corrected chi connectivity index (χ1v) is 14.6. The summed E-state index contributed by atoms with van der Waals surface area (Å²) in [4.78, 5) is 42.6. The normalized spacial score (nSPS) is 25.2. The molecule has 0 spiro atoms. The number of alkyl carbamates (subject to hydrolysis) is 1. The number of fused-ring (bicyclic) bond motifs is 2. The van der Waals surface area contributed by atoms with Crippen molar-refractivity contribution in [2.24, 2.45) is 20.8 Å². The summed E-state index contributed by atoms with van der Waals surface area (Å²) < 4.78 is 21.7. The molecule has 0 radical (unpaired) electrons. The highest BCUT2D eigenvalue weighted by atomic mass is 19.1. The summed E-state index contributed by atoms with van der Waals surface area (Å²) in [5.41, 5.74) is -0.616. The molecule has 11 nitrogen and oxygen atoms in total. The zero-order valence-electron chi connectivity index (χ0n) is 25.3. The molecule has 3 aliphatic rings. The second kappa shape index (κ2) is 10.2. The van der Waals surface area contributed by atoms with E-state index in [1.165, 1.54) is 6.07 Å².